The molecule has 0 saturated carbocycles. The Morgan fingerprint density at radius 1 is 1.38 bits per heavy atom. The van der Waals surface area contributed by atoms with Crippen LogP contribution in [0.4, 0.5) is 0 Å². The van der Waals surface area contributed by atoms with Crippen molar-refractivity contribution in [2.24, 2.45) is 0 Å². The van der Waals surface area contributed by atoms with Crippen molar-refractivity contribution in [2.45, 2.75) is 6.23 Å². The SMILES string of the molecule is Cl.Oc1ccccc1C1NCCO1. The molecule has 1 atom stereocenters. The van der Waals surface area contributed by atoms with E-state index >= 15 is 0 Å². The van der Waals surface area contributed by atoms with Crippen molar-refractivity contribution in [3.8, 4) is 5.75 Å². The molecule has 1 aromatic carbocycles. The van der Waals surface area contributed by atoms with Gasteiger partial charge in [-0.15, -0.1) is 12.4 Å². The molecule has 4 heteroatoms. The van der Waals surface area contributed by atoms with Crippen LogP contribution >= 0.6 is 12.4 Å². The van der Waals surface area contributed by atoms with Gasteiger partial charge in [-0.05, 0) is 6.07 Å². The number of phenols is 1. The van der Waals surface area contributed by atoms with Crippen molar-refractivity contribution >= 4 is 12.4 Å². The van der Waals surface area contributed by atoms with Gasteiger partial charge >= 0.3 is 0 Å². The fraction of sp³-hybridized carbons (Fsp3) is 0.333. The van der Waals surface area contributed by atoms with E-state index in [1.54, 1.807) is 12.1 Å². The first-order valence-electron chi connectivity index (χ1n) is 4.01. The van der Waals surface area contributed by atoms with E-state index in [1.807, 2.05) is 12.1 Å². The number of rotatable bonds is 1. The van der Waals surface area contributed by atoms with Gasteiger partial charge in [0.1, 0.15) is 12.0 Å². The number of phenolic OH excluding ortho intramolecular Hbond substituents is 1. The Kier molecular flexibility index (Phi) is 3.54. The normalized spacial score (nSPS) is 21.1. The molecule has 1 heterocycles. The molecule has 13 heavy (non-hydrogen) atoms. The maximum absolute atomic E-state index is 9.45. The molecule has 1 aliphatic rings. The van der Waals surface area contributed by atoms with Crippen LogP contribution in [0.25, 0.3) is 0 Å². The van der Waals surface area contributed by atoms with Crippen molar-refractivity contribution in [1.29, 1.82) is 0 Å². The molecule has 2 N–H and O–H groups in total. The Hall–Kier alpha value is -0.770. The first-order chi connectivity index (χ1) is 5.88. The van der Waals surface area contributed by atoms with Gasteiger partial charge < -0.3 is 9.84 Å². The Balaban J connectivity index is 0.000000845. The zero-order chi connectivity index (χ0) is 8.39. The Morgan fingerprint density at radius 2 is 2.15 bits per heavy atom. The molecule has 0 amide bonds. The average molecular weight is 202 g/mol. The molecular formula is C9H12ClNO2. The second-order valence-electron chi connectivity index (χ2n) is 2.76. The Bertz CT molecular complexity index is 274. The van der Waals surface area contributed by atoms with Crippen LogP contribution in [0.2, 0.25) is 0 Å². The first kappa shape index (κ1) is 10.3. The van der Waals surface area contributed by atoms with Gasteiger partial charge in [0, 0.05) is 12.1 Å². The minimum atomic E-state index is -0.133. The van der Waals surface area contributed by atoms with E-state index in [2.05, 4.69) is 5.32 Å². The van der Waals surface area contributed by atoms with Gasteiger partial charge in [-0.3, -0.25) is 5.32 Å². The molecule has 1 unspecified atom stereocenters. The van der Waals surface area contributed by atoms with Crippen LogP contribution in [0.1, 0.15) is 11.8 Å². The zero-order valence-corrected chi connectivity index (χ0v) is 7.88. The summed E-state index contributed by atoms with van der Waals surface area (Å²) in [5, 5.41) is 12.6. The lowest BCUT2D eigenvalue weighted by atomic mass is 10.2. The van der Waals surface area contributed by atoms with Gasteiger partial charge in [0.2, 0.25) is 0 Å². The molecule has 1 aromatic rings. The number of hydrogen-bond acceptors (Lipinski definition) is 3. The largest absolute Gasteiger partial charge is 0.508 e. The molecule has 0 aromatic heterocycles. The van der Waals surface area contributed by atoms with Crippen molar-refractivity contribution in [1.82, 2.24) is 5.32 Å². The number of ether oxygens (including phenoxy) is 1. The summed E-state index contributed by atoms with van der Waals surface area (Å²) in [5.74, 6) is 0.289. The summed E-state index contributed by atoms with van der Waals surface area (Å²) in [4.78, 5) is 0. The number of nitrogens with one attached hydrogen (secondary N) is 1. The molecule has 0 radical (unpaired) electrons. The molecule has 2 rings (SSSR count). The third kappa shape index (κ3) is 2.12. The van der Waals surface area contributed by atoms with Crippen molar-refractivity contribution in [2.75, 3.05) is 13.2 Å². The number of halogens is 1. The third-order valence-electron chi connectivity index (χ3n) is 1.94. The topological polar surface area (TPSA) is 41.5 Å². The first-order valence-corrected chi connectivity index (χ1v) is 4.01. The monoisotopic (exact) mass is 201 g/mol. The lowest BCUT2D eigenvalue weighted by Crippen LogP contribution is -2.13. The maximum atomic E-state index is 9.45. The van der Waals surface area contributed by atoms with E-state index in [1.165, 1.54) is 0 Å². The van der Waals surface area contributed by atoms with E-state index < -0.39 is 0 Å². The van der Waals surface area contributed by atoms with Crippen molar-refractivity contribution in [3.05, 3.63) is 29.8 Å². The standard InChI is InChI=1S/C9H11NO2.ClH/c11-8-4-2-1-3-7(8)9-10-5-6-12-9;/h1-4,9-11H,5-6H2;1H. The summed E-state index contributed by atoms with van der Waals surface area (Å²) in [7, 11) is 0. The van der Waals surface area contributed by atoms with Gasteiger partial charge in [-0.25, -0.2) is 0 Å². The van der Waals surface area contributed by atoms with Crippen LogP contribution in [0.5, 0.6) is 5.75 Å². The molecule has 0 aliphatic carbocycles. The maximum Gasteiger partial charge on any atom is 0.138 e. The summed E-state index contributed by atoms with van der Waals surface area (Å²) in [6.07, 6.45) is -0.133. The highest BCUT2D eigenvalue weighted by Gasteiger charge is 2.18. The molecule has 72 valence electrons. The van der Waals surface area contributed by atoms with E-state index in [0.29, 0.717) is 6.61 Å². The van der Waals surface area contributed by atoms with Gasteiger partial charge in [0.15, 0.2) is 0 Å². The quantitative estimate of drug-likeness (QED) is 0.723. The van der Waals surface area contributed by atoms with Crippen LogP contribution in [-0.4, -0.2) is 18.3 Å². The van der Waals surface area contributed by atoms with Crippen LogP contribution in [-0.2, 0) is 4.74 Å². The highest BCUT2D eigenvalue weighted by molar-refractivity contribution is 5.85. The van der Waals surface area contributed by atoms with Crippen LogP contribution in [0, 0.1) is 0 Å². The Labute approximate surface area is 83.1 Å². The molecule has 0 bridgehead atoms. The molecule has 1 saturated heterocycles. The predicted molar refractivity (Wildman–Crippen MR) is 52.1 cm³/mol. The number of para-hydroxylation sites is 1. The van der Waals surface area contributed by atoms with Crippen molar-refractivity contribution < 1.29 is 9.84 Å². The highest BCUT2D eigenvalue weighted by Crippen LogP contribution is 2.25. The average Bonchev–Trinajstić information content (AvgIpc) is 2.57. The number of hydrogen-bond donors (Lipinski definition) is 2. The fourth-order valence-corrected chi connectivity index (χ4v) is 1.33. The summed E-state index contributed by atoms with van der Waals surface area (Å²) in [5.41, 5.74) is 0.815. The van der Waals surface area contributed by atoms with Gasteiger partial charge in [-0.1, -0.05) is 18.2 Å². The van der Waals surface area contributed by atoms with E-state index in [0.717, 1.165) is 12.1 Å². The molecule has 0 spiro atoms. The minimum Gasteiger partial charge on any atom is -0.508 e. The van der Waals surface area contributed by atoms with Gasteiger partial charge in [0.25, 0.3) is 0 Å². The smallest absolute Gasteiger partial charge is 0.138 e. The molecule has 1 fully saturated rings. The van der Waals surface area contributed by atoms with E-state index in [-0.39, 0.29) is 24.4 Å². The van der Waals surface area contributed by atoms with E-state index in [4.69, 9.17) is 4.74 Å². The molecule has 3 nitrogen and oxygen atoms in total. The van der Waals surface area contributed by atoms with E-state index in [9.17, 15) is 5.11 Å². The van der Waals surface area contributed by atoms with Crippen LogP contribution in [0.15, 0.2) is 24.3 Å². The van der Waals surface area contributed by atoms with Crippen LogP contribution in [0.3, 0.4) is 0 Å². The molecule has 1 aliphatic heterocycles. The second kappa shape index (κ2) is 4.46. The third-order valence-corrected chi connectivity index (χ3v) is 1.94. The number of benzene rings is 1. The van der Waals surface area contributed by atoms with Crippen molar-refractivity contribution in [3.63, 3.8) is 0 Å². The zero-order valence-electron chi connectivity index (χ0n) is 7.06. The van der Waals surface area contributed by atoms with Gasteiger partial charge in [0.05, 0.1) is 6.61 Å². The van der Waals surface area contributed by atoms with Gasteiger partial charge in [-0.2, -0.15) is 0 Å². The second-order valence-corrected chi connectivity index (χ2v) is 2.76. The minimum absolute atomic E-state index is 0. The summed E-state index contributed by atoms with van der Waals surface area (Å²) in [6, 6.07) is 7.21. The Morgan fingerprint density at radius 3 is 2.77 bits per heavy atom. The number of aromatic hydroxyl groups is 1. The van der Waals surface area contributed by atoms with Crippen LogP contribution < -0.4 is 5.32 Å². The summed E-state index contributed by atoms with van der Waals surface area (Å²) >= 11 is 0. The predicted octanol–water partition coefficient (Wildman–Crippen LogP) is 1.43. The molecular weight excluding hydrogens is 190 g/mol. The summed E-state index contributed by atoms with van der Waals surface area (Å²) < 4.78 is 5.35. The lowest BCUT2D eigenvalue weighted by Gasteiger charge is -2.10. The fourth-order valence-electron chi connectivity index (χ4n) is 1.33. The highest BCUT2D eigenvalue weighted by atomic mass is 35.5. The summed E-state index contributed by atoms with van der Waals surface area (Å²) in [6.45, 7) is 1.55. The lowest BCUT2D eigenvalue weighted by molar-refractivity contribution is 0.0998.